The van der Waals surface area contributed by atoms with Crippen LogP contribution < -0.4 is 0 Å². The Kier molecular flexibility index (Phi) is 4.47. The van der Waals surface area contributed by atoms with E-state index in [1.54, 1.807) is 0 Å². The Hall–Kier alpha value is -2.64. The Balaban J connectivity index is 1.96. The third-order valence-corrected chi connectivity index (χ3v) is 3.68. The normalized spacial score (nSPS) is 11.4. The Morgan fingerprint density at radius 3 is 1.73 bits per heavy atom. The average molecular weight is 286 g/mol. The molecule has 1 nitrogen and oxygen atoms in total. The van der Waals surface area contributed by atoms with Gasteiger partial charge in [-0.15, -0.1) is 0 Å². The van der Waals surface area contributed by atoms with Gasteiger partial charge < -0.3 is 5.11 Å². The van der Waals surface area contributed by atoms with Crippen molar-refractivity contribution >= 4 is 5.57 Å². The van der Waals surface area contributed by atoms with Gasteiger partial charge in [0.05, 0.1) is 6.61 Å². The highest BCUT2D eigenvalue weighted by Gasteiger charge is 2.05. The maximum absolute atomic E-state index is 9.32. The maximum atomic E-state index is 9.32. The highest BCUT2D eigenvalue weighted by molar-refractivity contribution is 5.81. The number of hydrogen-bond acceptors (Lipinski definition) is 1. The Morgan fingerprint density at radius 1 is 0.636 bits per heavy atom. The van der Waals surface area contributed by atoms with Gasteiger partial charge in [-0.3, -0.25) is 0 Å². The molecule has 0 atom stereocenters. The molecular formula is C21H18O. The van der Waals surface area contributed by atoms with Gasteiger partial charge in [-0.05, 0) is 27.8 Å². The van der Waals surface area contributed by atoms with E-state index >= 15 is 0 Å². The molecule has 0 heterocycles. The van der Waals surface area contributed by atoms with Gasteiger partial charge in [0.1, 0.15) is 0 Å². The van der Waals surface area contributed by atoms with Crippen LogP contribution in [0.2, 0.25) is 0 Å². The number of benzene rings is 3. The lowest BCUT2D eigenvalue weighted by molar-refractivity contribution is 0.343. The van der Waals surface area contributed by atoms with Crippen LogP contribution >= 0.6 is 0 Å². The van der Waals surface area contributed by atoms with E-state index in [2.05, 4.69) is 48.5 Å². The van der Waals surface area contributed by atoms with Crippen molar-refractivity contribution in [2.45, 2.75) is 0 Å². The van der Waals surface area contributed by atoms with Crippen molar-refractivity contribution in [2.75, 3.05) is 6.61 Å². The summed E-state index contributed by atoms with van der Waals surface area (Å²) in [6.07, 6.45) is 1.85. The van der Waals surface area contributed by atoms with E-state index in [1.807, 2.05) is 42.5 Å². The molecule has 3 aromatic carbocycles. The zero-order valence-electron chi connectivity index (χ0n) is 12.3. The fraction of sp³-hybridized carbons (Fsp3) is 0.0476. The van der Waals surface area contributed by atoms with Gasteiger partial charge in [-0.1, -0.05) is 91.0 Å². The molecule has 0 saturated heterocycles. The van der Waals surface area contributed by atoms with Crippen molar-refractivity contribution in [2.24, 2.45) is 0 Å². The minimum Gasteiger partial charge on any atom is -0.392 e. The van der Waals surface area contributed by atoms with Gasteiger partial charge in [-0.2, -0.15) is 0 Å². The predicted octanol–water partition coefficient (Wildman–Crippen LogP) is 4.78. The number of hydrogen-bond donors (Lipinski definition) is 1. The monoisotopic (exact) mass is 286 g/mol. The zero-order chi connectivity index (χ0) is 15.2. The smallest absolute Gasteiger partial charge is 0.0621 e. The summed E-state index contributed by atoms with van der Waals surface area (Å²) in [7, 11) is 0. The zero-order valence-corrected chi connectivity index (χ0v) is 12.3. The summed E-state index contributed by atoms with van der Waals surface area (Å²) in [5.74, 6) is 0. The molecule has 0 aliphatic carbocycles. The summed E-state index contributed by atoms with van der Waals surface area (Å²) < 4.78 is 0. The highest BCUT2D eigenvalue weighted by atomic mass is 16.2. The van der Waals surface area contributed by atoms with E-state index in [0.717, 1.165) is 16.7 Å². The second kappa shape index (κ2) is 6.88. The molecule has 0 unspecified atom stereocenters. The van der Waals surface area contributed by atoms with Crippen LogP contribution in [-0.2, 0) is 0 Å². The lowest BCUT2D eigenvalue weighted by Gasteiger charge is -2.09. The SMILES string of the molecule is OC/C=C(/c1ccccc1)c1ccc(-c2ccccc2)cc1. The van der Waals surface area contributed by atoms with Crippen LogP contribution in [-0.4, -0.2) is 11.7 Å². The second-order valence-electron chi connectivity index (χ2n) is 5.11. The summed E-state index contributed by atoms with van der Waals surface area (Å²) >= 11 is 0. The fourth-order valence-electron chi connectivity index (χ4n) is 2.58. The van der Waals surface area contributed by atoms with Gasteiger partial charge in [0.2, 0.25) is 0 Å². The number of aliphatic hydroxyl groups is 1. The number of rotatable bonds is 4. The first-order valence-corrected chi connectivity index (χ1v) is 7.41. The Bertz CT molecular complexity index is 741. The van der Waals surface area contributed by atoms with Crippen LogP contribution in [0.4, 0.5) is 0 Å². The van der Waals surface area contributed by atoms with Crippen molar-refractivity contribution in [1.82, 2.24) is 0 Å². The summed E-state index contributed by atoms with van der Waals surface area (Å²) in [6.45, 7) is 0.0324. The lowest BCUT2D eigenvalue weighted by atomic mass is 9.95. The molecule has 22 heavy (non-hydrogen) atoms. The van der Waals surface area contributed by atoms with E-state index in [0.29, 0.717) is 0 Å². The first kappa shape index (κ1) is 14.3. The molecule has 0 radical (unpaired) electrons. The summed E-state index contributed by atoms with van der Waals surface area (Å²) in [5.41, 5.74) is 5.69. The van der Waals surface area contributed by atoms with Crippen molar-refractivity contribution in [3.05, 3.63) is 102 Å². The van der Waals surface area contributed by atoms with Gasteiger partial charge >= 0.3 is 0 Å². The van der Waals surface area contributed by atoms with E-state index in [1.165, 1.54) is 11.1 Å². The van der Waals surface area contributed by atoms with Crippen LogP contribution in [0.3, 0.4) is 0 Å². The molecule has 0 spiro atoms. The topological polar surface area (TPSA) is 20.2 Å². The molecule has 0 aromatic heterocycles. The summed E-state index contributed by atoms with van der Waals surface area (Å²) in [6, 6.07) is 28.9. The van der Waals surface area contributed by atoms with E-state index < -0.39 is 0 Å². The van der Waals surface area contributed by atoms with Crippen molar-refractivity contribution < 1.29 is 5.11 Å². The third-order valence-electron chi connectivity index (χ3n) is 3.68. The van der Waals surface area contributed by atoms with Gasteiger partial charge in [0.25, 0.3) is 0 Å². The van der Waals surface area contributed by atoms with Crippen molar-refractivity contribution in [3.8, 4) is 11.1 Å². The predicted molar refractivity (Wildman–Crippen MR) is 92.5 cm³/mol. The van der Waals surface area contributed by atoms with Crippen LogP contribution in [0, 0.1) is 0 Å². The molecule has 0 aliphatic heterocycles. The maximum Gasteiger partial charge on any atom is 0.0621 e. The Morgan fingerprint density at radius 2 is 1.14 bits per heavy atom. The highest BCUT2D eigenvalue weighted by Crippen LogP contribution is 2.26. The van der Waals surface area contributed by atoms with E-state index in [-0.39, 0.29) is 6.61 Å². The van der Waals surface area contributed by atoms with Gasteiger partial charge in [0.15, 0.2) is 0 Å². The molecule has 0 fully saturated rings. The van der Waals surface area contributed by atoms with Crippen molar-refractivity contribution in [1.29, 1.82) is 0 Å². The fourth-order valence-corrected chi connectivity index (χ4v) is 2.58. The minimum absolute atomic E-state index is 0.0324. The minimum atomic E-state index is 0.0324. The summed E-state index contributed by atoms with van der Waals surface area (Å²) in [4.78, 5) is 0. The largest absolute Gasteiger partial charge is 0.392 e. The van der Waals surface area contributed by atoms with Gasteiger partial charge in [-0.25, -0.2) is 0 Å². The first-order chi connectivity index (χ1) is 10.9. The molecule has 3 aromatic rings. The number of aliphatic hydroxyl groups excluding tert-OH is 1. The molecule has 0 aliphatic rings. The molecular weight excluding hydrogens is 268 g/mol. The van der Waals surface area contributed by atoms with Gasteiger partial charge in [0, 0.05) is 0 Å². The Labute approximate surface area is 131 Å². The van der Waals surface area contributed by atoms with E-state index in [4.69, 9.17) is 0 Å². The van der Waals surface area contributed by atoms with Crippen LogP contribution in [0.15, 0.2) is 91.0 Å². The molecule has 0 bridgehead atoms. The molecule has 0 amide bonds. The van der Waals surface area contributed by atoms with Crippen LogP contribution in [0.1, 0.15) is 11.1 Å². The van der Waals surface area contributed by atoms with Crippen LogP contribution in [0.5, 0.6) is 0 Å². The molecule has 1 heteroatoms. The van der Waals surface area contributed by atoms with Crippen LogP contribution in [0.25, 0.3) is 16.7 Å². The standard InChI is InChI=1S/C21H18O/c22-16-15-21(19-9-5-2-6-10-19)20-13-11-18(12-14-20)17-7-3-1-4-8-17/h1-15,22H,16H2/b21-15-. The van der Waals surface area contributed by atoms with Crippen molar-refractivity contribution in [3.63, 3.8) is 0 Å². The molecule has 3 rings (SSSR count). The average Bonchev–Trinajstić information content (AvgIpc) is 2.61. The first-order valence-electron chi connectivity index (χ1n) is 7.41. The molecule has 108 valence electrons. The molecule has 0 saturated carbocycles. The lowest BCUT2D eigenvalue weighted by Crippen LogP contribution is -1.90. The summed E-state index contributed by atoms with van der Waals surface area (Å²) in [5, 5.41) is 9.32. The molecule has 1 N–H and O–H groups in total. The third kappa shape index (κ3) is 3.16. The quantitative estimate of drug-likeness (QED) is 0.732. The van der Waals surface area contributed by atoms with E-state index in [9.17, 15) is 5.11 Å². The second-order valence-corrected chi connectivity index (χ2v) is 5.11.